The van der Waals surface area contributed by atoms with Crippen molar-refractivity contribution in [3.05, 3.63) is 35.9 Å². The fourth-order valence-corrected chi connectivity index (χ4v) is 2.96. The summed E-state index contributed by atoms with van der Waals surface area (Å²) in [4.78, 5) is 12.7. The molecular weight excluding hydrogens is 248 g/mol. The molecule has 0 spiro atoms. The van der Waals surface area contributed by atoms with E-state index in [1.54, 1.807) is 0 Å². The van der Waals surface area contributed by atoms with Crippen molar-refractivity contribution < 1.29 is 4.79 Å². The third-order valence-electron chi connectivity index (χ3n) is 4.49. The van der Waals surface area contributed by atoms with Gasteiger partial charge in [0.2, 0.25) is 5.91 Å². The summed E-state index contributed by atoms with van der Waals surface area (Å²) >= 11 is 0. The second kappa shape index (κ2) is 6.89. The zero-order valence-electron chi connectivity index (χ0n) is 12.4. The average molecular weight is 274 g/mol. The van der Waals surface area contributed by atoms with Crippen molar-refractivity contribution >= 4 is 5.91 Å². The third kappa shape index (κ3) is 3.04. The van der Waals surface area contributed by atoms with Gasteiger partial charge in [0.05, 0.1) is 5.41 Å². The maximum absolute atomic E-state index is 12.7. The zero-order chi connectivity index (χ0) is 14.4. The van der Waals surface area contributed by atoms with E-state index in [4.69, 9.17) is 5.73 Å². The molecule has 1 fully saturated rings. The van der Waals surface area contributed by atoms with Gasteiger partial charge in [0.1, 0.15) is 0 Å². The minimum atomic E-state index is -0.305. The van der Waals surface area contributed by atoms with Crippen LogP contribution in [-0.2, 0) is 10.2 Å². The quantitative estimate of drug-likeness (QED) is 0.803. The Balaban J connectivity index is 2.06. The van der Waals surface area contributed by atoms with E-state index in [2.05, 4.69) is 24.4 Å². The summed E-state index contributed by atoms with van der Waals surface area (Å²) in [5.74, 6) is 0.168. The number of rotatable bonds is 7. The van der Waals surface area contributed by atoms with Gasteiger partial charge in [-0.2, -0.15) is 0 Å². The van der Waals surface area contributed by atoms with Crippen LogP contribution in [0, 0.1) is 0 Å². The molecule has 1 aliphatic carbocycles. The Labute approximate surface area is 121 Å². The van der Waals surface area contributed by atoms with E-state index in [9.17, 15) is 4.79 Å². The first-order valence-electron chi connectivity index (χ1n) is 7.79. The van der Waals surface area contributed by atoms with Crippen LogP contribution in [0.1, 0.15) is 51.0 Å². The van der Waals surface area contributed by atoms with Gasteiger partial charge in [-0.1, -0.05) is 56.5 Å². The van der Waals surface area contributed by atoms with Gasteiger partial charge in [0.15, 0.2) is 0 Å². The summed E-state index contributed by atoms with van der Waals surface area (Å²) in [6, 6.07) is 10.3. The van der Waals surface area contributed by atoms with E-state index in [-0.39, 0.29) is 17.4 Å². The van der Waals surface area contributed by atoms with Crippen molar-refractivity contribution in [3.8, 4) is 0 Å². The van der Waals surface area contributed by atoms with Crippen molar-refractivity contribution in [1.82, 2.24) is 5.32 Å². The van der Waals surface area contributed by atoms with Crippen LogP contribution in [0.2, 0.25) is 0 Å². The zero-order valence-corrected chi connectivity index (χ0v) is 12.4. The van der Waals surface area contributed by atoms with Crippen LogP contribution in [0.25, 0.3) is 0 Å². The summed E-state index contributed by atoms with van der Waals surface area (Å²) < 4.78 is 0. The molecule has 3 heteroatoms. The first-order valence-corrected chi connectivity index (χ1v) is 7.79. The first kappa shape index (κ1) is 15.0. The van der Waals surface area contributed by atoms with Crippen LogP contribution >= 0.6 is 0 Å². The summed E-state index contributed by atoms with van der Waals surface area (Å²) in [5, 5.41) is 3.18. The monoisotopic (exact) mass is 274 g/mol. The molecule has 0 aromatic heterocycles. The minimum Gasteiger partial charge on any atom is -0.351 e. The maximum Gasteiger partial charge on any atom is 0.230 e. The topological polar surface area (TPSA) is 55.1 Å². The fourth-order valence-electron chi connectivity index (χ4n) is 2.96. The van der Waals surface area contributed by atoms with Crippen LogP contribution in [0.4, 0.5) is 0 Å². The molecule has 1 unspecified atom stereocenters. The molecule has 1 atom stereocenters. The Hall–Kier alpha value is -1.35. The van der Waals surface area contributed by atoms with Crippen LogP contribution in [0.15, 0.2) is 30.3 Å². The number of carbonyl (C=O) groups is 1. The second-order valence-electron chi connectivity index (χ2n) is 5.85. The molecule has 1 saturated carbocycles. The summed E-state index contributed by atoms with van der Waals surface area (Å²) in [6.45, 7) is 2.68. The maximum atomic E-state index is 12.7. The molecule has 110 valence electrons. The molecule has 2 rings (SSSR count). The predicted octanol–water partition coefficient (Wildman–Crippen LogP) is 2.74. The molecule has 0 heterocycles. The van der Waals surface area contributed by atoms with Crippen LogP contribution in [0.3, 0.4) is 0 Å². The van der Waals surface area contributed by atoms with Crippen LogP contribution < -0.4 is 11.1 Å². The van der Waals surface area contributed by atoms with E-state index < -0.39 is 0 Å². The number of unbranched alkanes of at least 4 members (excludes halogenated alkanes) is 1. The lowest BCUT2D eigenvalue weighted by Gasteiger charge is -2.41. The van der Waals surface area contributed by atoms with E-state index in [0.29, 0.717) is 6.54 Å². The molecule has 0 aliphatic heterocycles. The number of hydrogen-bond acceptors (Lipinski definition) is 2. The Kier molecular flexibility index (Phi) is 5.18. The highest BCUT2D eigenvalue weighted by Gasteiger charge is 2.45. The summed E-state index contributed by atoms with van der Waals surface area (Å²) in [7, 11) is 0. The average Bonchev–Trinajstić information content (AvgIpc) is 2.43. The van der Waals surface area contributed by atoms with Crippen molar-refractivity contribution in [2.45, 2.75) is 56.9 Å². The summed E-state index contributed by atoms with van der Waals surface area (Å²) in [6.07, 6.45) is 6.26. The highest BCUT2D eigenvalue weighted by Crippen LogP contribution is 2.43. The lowest BCUT2D eigenvalue weighted by Crippen LogP contribution is -2.53. The van der Waals surface area contributed by atoms with Crippen molar-refractivity contribution in [1.29, 1.82) is 0 Å². The lowest BCUT2D eigenvalue weighted by atomic mass is 9.63. The number of carbonyl (C=O) groups excluding carboxylic acids is 1. The van der Waals surface area contributed by atoms with E-state index in [1.807, 2.05) is 18.2 Å². The van der Waals surface area contributed by atoms with Gasteiger partial charge in [-0.3, -0.25) is 4.79 Å². The van der Waals surface area contributed by atoms with Gasteiger partial charge in [0.25, 0.3) is 0 Å². The van der Waals surface area contributed by atoms with E-state index >= 15 is 0 Å². The molecule has 0 bridgehead atoms. The first-order chi connectivity index (χ1) is 9.73. The Bertz CT molecular complexity index is 426. The van der Waals surface area contributed by atoms with Gasteiger partial charge in [-0.15, -0.1) is 0 Å². The highest BCUT2D eigenvalue weighted by atomic mass is 16.2. The number of amides is 1. The van der Waals surface area contributed by atoms with Crippen LogP contribution in [0.5, 0.6) is 0 Å². The van der Waals surface area contributed by atoms with Crippen molar-refractivity contribution in [2.24, 2.45) is 5.73 Å². The van der Waals surface area contributed by atoms with Gasteiger partial charge >= 0.3 is 0 Å². The standard InChI is InChI=1S/C17H26N2O/c1-2-3-10-15(13-18)19-16(20)17(11-7-12-17)14-8-5-4-6-9-14/h4-6,8-9,15H,2-3,7,10-13,18H2,1H3,(H,19,20). The van der Waals surface area contributed by atoms with Crippen LogP contribution in [-0.4, -0.2) is 18.5 Å². The molecule has 1 aromatic carbocycles. The second-order valence-corrected chi connectivity index (χ2v) is 5.85. The Morgan fingerprint density at radius 2 is 2.05 bits per heavy atom. The highest BCUT2D eigenvalue weighted by molar-refractivity contribution is 5.89. The van der Waals surface area contributed by atoms with E-state index in [0.717, 1.165) is 44.1 Å². The van der Waals surface area contributed by atoms with Gasteiger partial charge in [-0.25, -0.2) is 0 Å². The van der Waals surface area contributed by atoms with Gasteiger partial charge in [0, 0.05) is 12.6 Å². The fraction of sp³-hybridized carbons (Fsp3) is 0.588. The molecule has 3 N–H and O–H groups in total. The van der Waals surface area contributed by atoms with Crippen molar-refractivity contribution in [2.75, 3.05) is 6.54 Å². The Morgan fingerprint density at radius 3 is 2.55 bits per heavy atom. The molecule has 1 aliphatic rings. The molecule has 1 amide bonds. The largest absolute Gasteiger partial charge is 0.351 e. The smallest absolute Gasteiger partial charge is 0.230 e. The van der Waals surface area contributed by atoms with Gasteiger partial charge in [-0.05, 0) is 24.8 Å². The van der Waals surface area contributed by atoms with Crippen molar-refractivity contribution in [3.63, 3.8) is 0 Å². The molecule has 3 nitrogen and oxygen atoms in total. The van der Waals surface area contributed by atoms with E-state index in [1.165, 1.54) is 0 Å². The van der Waals surface area contributed by atoms with Gasteiger partial charge < -0.3 is 11.1 Å². The lowest BCUT2D eigenvalue weighted by molar-refractivity contribution is -0.130. The number of benzene rings is 1. The molecule has 0 saturated heterocycles. The molecule has 0 radical (unpaired) electrons. The number of nitrogens with one attached hydrogen (secondary N) is 1. The predicted molar refractivity (Wildman–Crippen MR) is 82.5 cm³/mol. The SMILES string of the molecule is CCCCC(CN)NC(=O)C1(c2ccccc2)CCC1. The molecular formula is C17H26N2O. The number of nitrogens with two attached hydrogens (primary N) is 1. The molecule has 1 aromatic rings. The number of hydrogen-bond donors (Lipinski definition) is 2. The normalized spacial score (nSPS) is 18.1. The summed E-state index contributed by atoms with van der Waals surface area (Å²) in [5.41, 5.74) is 6.63. The Morgan fingerprint density at radius 1 is 1.35 bits per heavy atom. The molecule has 20 heavy (non-hydrogen) atoms. The minimum absolute atomic E-state index is 0.114. The third-order valence-corrected chi connectivity index (χ3v) is 4.49.